The largest absolute Gasteiger partial charge is 0.444 e. The molecule has 1 N–H and O–H groups in total. The van der Waals surface area contributed by atoms with Crippen molar-refractivity contribution in [3.05, 3.63) is 35.4 Å². The molecular formula is C17H26N2O2. The summed E-state index contributed by atoms with van der Waals surface area (Å²) in [5.41, 5.74) is 2.41. The number of carbonyl (C=O) groups is 1. The van der Waals surface area contributed by atoms with E-state index in [0.717, 1.165) is 19.6 Å². The second kappa shape index (κ2) is 6.48. The van der Waals surface area contributed by atoms with Crippen LogP contribution in [0.15, 0.2) is 24.3 Å². The number of fused-ring (bicyclic) bond motifs is 1. The van der Waals surface area contributed by atoms with Crippen molar-refractivity contribution in [2.24, 2.45) is 0 Å². The van der Waals surface area contributed by atoms with Crippen LogP contribution in [-0.4, -0.2) is 36.2 Å². The quantitative estimate of drug-likeness (QED) is 0.930. The van der Waals surface area contributed by atoms with Gasteiger partial charge in [-0.3, -0.25) is 4.90 Å². The normalized spacial score (nSPS) is 19.0. The predicted octanol–water partition coefficient (Wildman–Crippen LogP) is 3.13. The molecule has 4 nitrogen and oxygen atoms in total. The highest BCUT2D eigenvalue weighted by Crippen LogP contribution is 2.27. The minimum atomic E-state index is -0.442. The topological polar surface area (TPSA) is 41.6 Å². The Hall–Kier alpha value is -1.55. The average molecular weight is 290 g/mol. The zero-order valence-electron chi connectivity index (χ0n) is 13.5. The number of carbonyl (C=O) groups excluding carboxylic acids is 1. The Labute approximate surface area is 127 Å². The molecule has 0 saturated carbocycles. The van der Waals surface area contributed by atoms with Crippen molar-refractivity contribution in [1.82, 2.24) is 10.2 Å². The molecule has 1 aromatic rings. The lowest BCUT2D eigenvalue weighted by Gasteiger charge is -2.33. The van der Waals surface area contributed by atoms with E-state index in [9.17, 15) is 4.79 Å². The van der Waals surface area contributed by atoms with Crippen molar-refractivity contribution < 1.29 is 9.53 Å². The maximum Gasteiger partial charge on any atom is 0.407 e. The lowest BCUT2D eigenvalue weighted by atomic mass is 9.91. The summed E-state index contributed by atoms with van der Waals surface area (Å²) < 4.78 is 5.24. The van der Waals surface area contributed by atoms with Crippen molar-refractivity contribution in [3.8, 4) is 0 Å². The highest BCUT2D eigenvalue weighted by molar-refractivity contribution is 5.67. The van der Waals surface area contributed by atoms with Gasteiger partial charge in [0.2, 0.25) is 0 Å². The van der Waals surface area contributed by atoms with E-state index in [2.05, 4.69) is 41.4 Å². The highest BCUT2D eigenvalue weighted by Gasteiger charge is 2.21. The van der Waals surface area contributed by atoms with Crippen molar-refractivity contribution in [1.29, 1.82) is 0 Å². The Kier molecular flexibility index (Phi) is 4.88. The molecule has 0 radical (unpaired) electrons. The van der Waals surface area contributed by atoms with Crippen LogP contribution in [0.3, 0.4) is 0 Å². The summed E-state index contributed by atoms with van der Waals surface area (Å²) in [4.78, 5) is 14.0. The summed E-state index contributed by atoms with van der Waals surface area (Å²) in [6, 6.07) is 8.61. The van der Waals surface area contributed by atoms with Gasteiger partial charge < -0.3 is 10.1 Å². The third-order valence-electron chi connectivity index (χ3n) is 3.61. The molecule has 1 heterocycles. The van der Waals surface area contributed by atoms with Crippen molar-refractivity contribution in [2.75, 3.05) is 19.6 Å². The van der Waals surface area contributed by atoms with Crippen molar-refractivity contribution in [2.45, 2.75) is 45.8 Å². The molecule has 0 spiro atoms. The molecule has 0 saturated heterocycles. The second-order valence-corrected chi connectivity index (χ2v) is 6.76. The molecule has 2 rings (SSSR count). The van der Waals surface area contributed by atoms with E-state index in [1.54, 1.807) is 0 Å². The summed E-state index contributed by atoms with van der Waals surface area (Å²) in [5, 5.41) is 2.82. The minimum absolute atomic E-state index is 0.340. The van der Waals surface area contributed by atoms with Crippen LogP contribution in [0.4, 0.5) is 4.79 Å². The standard InChI is InChI=1S/C17H26N2O2/c1-13-11-19(12-14-7-5-6-8-15(13)14)10-9-18-16(20)21-17(2,3)4/h5-8,13H,9-12H2,1-4H3,(H,18,20). The number of rotatable bonds is 3. The van der Waals surface area contributed by atoms with E-state index >= 15 is 0 Å². The van der Waals surface area contributed by atoms with Crippen LogP contribution in [0, 0.1) is 0 Å². The van der Waals surface area contributed by atoms with Gasteiger partial charge in [-0.25, -0.2) is 4.79 Å². The lowest BCUT2D eigenvalue weighted by molar-refractivity contribution is 0.0520. The number of hydrogen-bond acceptors (Lipinski definition) is 3. The van der Waals surface area contributed by atoms with Gasteiger partial charge in [0.05, 0.1) is 0 Å². The first-order valence-electron chi connectivity index (χ1n) is 7.62. The molecule has 0 bridgehead atoms. The maximum atomic E-state index is 11.6. The number of nitrogens with one attached hydrogen (secondary N) is 1. The predicted molar refractivity (Wildman–Crippen MR) is 84.4 cm³/mol. The Morgan fingerprint density at radius 1 is 1.38 bits per heavy atom. The monoisotopic (exact) mass is 290 g/mol. The van der Waals surface area contributed by atoms with E-state index in [1.165, 1.54) is 11.1 Å². The van der Waals surface area contributed by atoms with Gasteiger partial charge in [0.1, 0.15) is 5.60 Å². The van der Waals surface area contributed by atoms with Crippen molar-refractivity contribution in [3.63, 3.8) is 0 Å². The Balaban J connectivity index is 1.79. The molecule has 4 heteroatoms. The van der Waals surface area contributed by atoms with Gasteiger partial charge in [-0.2, -0.15) is 0 Å². The second-order valence-electron chi connectivity index (χ2n) is 6.76. The number of ether oxygens (including phenoxy) is 1. The van der Waals surface area contributed by atoms with Crippen LogP contribution in [0.25, 0.3) is 0 Å². The van der Waals surface area contributed by atoms with Gasteiger partial charge in [0.15, 0.2) is 0 Å². The first-order valence-corrected chi connectivity index (χ1v) is 7.62. The molecule has 1 unspecified atom stereocenters. The van der Waals surface area contributed by atoms with Crippen LogP contribution in [-0.2, 0) is 11.3 Å². The highest BCUT2D eigenvalue weighted by atomic mass is 16.6. The molecule has 0 fully saturated rings. The van der Waals surface area contributed by atoms with E-state index in [1.807, 2.05) is 20.8 Å². The van der Waals surface area contributed by atoms with Crippen LogP contribution in [0.2, 0.25) is 0 Å². The van der Waals surface area contributed by atoms with Crippen LogP contribution in [0.5, 0.6) is 0 Å². The molecule has 1 aromatic carbocycles. The van der Waals surface area contributed by atoms with Gasteiger partial charge in [-0.1, -0.05) is 31.2 Å². The number of alkyl carbamates (subject to hydrolysis) is 1. The molecular weight excluding hydrogens is 264 g/mol. The van der Waals surface area contributed by atoms with E-state index in [0.29, 0.717) is 12.5 Å². The molecule has 116 valence electrons. The van der Waals surface area contributed by atoms with Gasteiger partial charge in [-0.05, 0) is 37.8 Å². The van der Waals surface area contributed by atoms with Gasteiger partial charge in [0.25, 0.3) is 0 Å². The lowest BCUT2D eigenvalue weighted by Crippen LogP contribution is -2.40. The summed E-state index contributed by atoms with van der Waals surface area (Å²) in [5.74, 6) is 0.538. The molecule has 1 aliphatic heterocycles. The first kappa shape index (κ1) is 15.8. The fraction of sp³-hybridized carbons (Fsp3) is 0.588. The van der Waals surface area contributed by atoms with E-state index < -0.39 is 5.60 Å². The van der Waals surface area contributed by atoms with Gasteiger partial charge in [-0.15, -0.1) is 0 Å². The maximum absolute atomic E-state index is 11.6. The number of benzene rings is 1. The van der Waals surface area contributed by atoms with Crippen molar-refractivity contribution >= 4 is 6.09 Å². The zero-order valence-corrected chi connectivity index (χ0v) is 13.5. The van der Waals surface area contributed by atoms with Gasteiger partial charge in [0, 0.05) is 26.2 Å². The van der Waals surface area contributed by atoms with E-state index in [-0.39, 0.29) is 6.09 Å². The van der Waals surface area contributed by atoms with Crippen LogP contribution >= 0.6 is 0 Å². The third kappa shape index (κ3) is 4.74. The van der Waals surface area contributed by atoms with Crippen LogP contribution in [0.1, 0.15) is 44.7 Å². The fourth-order valence-electron chi connectivity index (χ4n) is 2.75. The molecule has 0 aromatic heterocycles. The number of hydrogen-bond donors (Lipinski definition) is 1. The first-order chi connectivity index (χ1) is 9.85. The average Bonchev–Trinajstić information content (AvgIpc) is 2.36. The molecule has 1 amide bonds. The summed E-state index contributed by atoms with van der Waals surface area (Å²) in [7, 11) is 0. The Morgan fingerprint density at radius 2 is 2.10 bits per heavy atom. The van der Waals surface area contributed by atoms with Crippen LogP contribution < -0.4 is 5.32 Å². The molecule has 0 aliphatic carbocycles. The molecule has 1 atom stereocenters. The number of amides is 1. The van der Waals surface area contributed by atoms with Gasteiger partial charge >= 0.3 is 6.09 Å². The third-order valence-corrected chi connectivity index (χ3v) is 3.61. The SMILES string of the molecule is CC1CN(CCNC(=O)OC(C)(C)C)Cc2ccccc21. The van der Waals surface area contributed by atoms with E-state index in [4.69, 9.17) is 4.74 Å². The number of nitrogens with zero attached hydrogens (tertiary/aromatic N) is 1. The molecule has 1 aliphatic rings. The summed E-state index contributed by atoms with van der Waals surface area (Å²) in [6.45, 7) is 11.3. The summed E-state index contributed by atoms with van der Waals surface area (Å²) >= 11 is 0. The fourth-order valence-corrected chi connectivity index (χ4v) is 2.75. The minimum Gasteiger partial charge on any atom is -0.444 e. The Bertz CT molecular complexity index is 494. The molecule has 21 heavy (non-hydrogen) atoms. The summed E-state index contributed by atoms with van der Waals surface area (Å²) in [6.07, 6.45) is -0.340. The zero-order chi connectivity index (χ0) is 15.5. The smallest absolute Gasteiger partial charge is 0.407 e. The Morgan fingerprint density at radius 3 is 2.81 bits per heavy atom.